The lowest BCUT2D eigenvalue weighted by Gasteiger charge is -2.28. The number of rotatable bonds is 9. The van der Waals surface area contributed by atoms with Crippen molar-refractivity contribution in [3.8, 4) is 0 Å². The number of hydrogen-bond donors (Lipinski definition) is 1. The van der Waals surface area contributed by atoms with Gasteiger partial charge in [-0.25, -0.2) is 4.39 Å². The van der Waals surface area contributed by atoms with Crippen LogP contribution in [0.3, 0.4) is 0 Å². The largest absolute Gasteiger partial charge is 0.361 e. The van der Waals surface area contributed by atoms with E-state index in [0.29, 0.717) is 29.6 Å². The molecule has 2 amide bonds. The molecular formula is C29H26Cl2FN3O2. The van der Waals surface area contributed by atoms with Crippen LogP contribution in [-0.2, 0) is 17.8 Å². The van der Waals surface area contributed by atoms with Crippen molar-refractivity contribution in [1.82, 2.24) is 14.8 Å². The molecule has 3 aromatic carbocycles. The van der Waals surface area contributed by atoms with E-state index < -0.39 is 5.82 Å². The number of para-hydroxylation sites is 1. The molecule has 0 unspecified atom stereocenters. The molecule has 0 bridgehead atoms. The van der Waals surface area contributed by atoms with Gasteiger partial charge in [-0.1, -0.05) is 53.5 Å². The SMILES string of the molecule is O=C(CN(C(=O)c1cccc(F)c1)C1CC1)N(CCc1c[nH]c2ccccc12)Cc1ccc(Cl)c(Cl)c1. The highest BCUT2D eigenvalue weighted by Gasteiger charge is 2.35. The minimum atomic E-state index is -0.479. The summed E-state index contributed by atoms with van der Waals surface area (Å²) < 4.78 is 13.8. The fourth-order valence-electron chi connectivity index (χ4n) is 4.53. The summed E-state index contributed by atoms with van der Waals surface area (Å²) in [6, 6.07) is 18.9. The molecule has 1 aromatic heterocycles. The molecule has 8 heteroatoms. The molecule has 0 saturated heterocycles. The van der Waals surface area contributed by atoms with E-state index in [4.69, 9.17) is 23.2 Å². The van der Waals surface area contributed by atoms with E-state index in [9.17, 15) is 14.0 Å². The molecule has 1 aliphatic rings. The average Bonchev–Trinajstić information content (AvgIpc) is 3.66. The predicted molar refractivity (Wildman–Crippen MR) is 144 cm³/mol. The Morgan fingerprint density at radius 2 is 1.78 bits per heavy atom. The second kappa shape index (κ2) is 11.0. The van der Waals surface area contributed by atoms with Gasteiger partial charge < -0.3 is 14.8 Å². The zero-order valence-electron chi connectivity index (χ0n) is 20.1. The van der Waals surface area contributed by atoms with Crippen molar-refractivity contribution in [2.24, 2.45) is 0 Å². The number of hydrogen-bond acceptors (Lipinski definition) is 2. The van der Waals surface area contributed by atoms with Crippen LogP contribution in [0.5, 0.6) is 0 Å². The van der Waals surface area contributed by atoms with Crippen LogP contribution in [0.15, 0.2) is 72.9 Å². The number of H-pyrrole nitrogens is 1. The number of halogens is 3. The molecule has 190 valence electrons. The first-order chi connectivity index (χ1) is 17.9. The minimum Gasteiger partial charge on any atom is -0.361 e. The van der Waals surface area contributed by atoms with Gasteiger partial charge in [-0.2, -0.15) is 0 Å². The summed E-state index contributed by atoms with van der Waals surface area (Å²) in [4.78, 5) is 33.5. The third-order valence-corrected chi connectivity index (χ3v) is 7.40. The van der Waals surface area contributed by atoms with Crippen molar-refractivity contribution in [2.75, 3.05) is 13.1 Å². The zero-order chi connectivity index (χ0) is 25.9. The van der Waals surface area contributed by atoms with E-state index in [1.807, 2.05) is 30.5 Å². The molecule has 37 heavy (non-hydrogen) atoms. The second-order valence-electron chi connectivity index (χ2n) is 9.35. The fourth-order valence-corrected chi connectivity index (χ4v) is 4.85. The molecule has 1 N–H and O–H groups in total. The van der Waals surface area contributed by atoms with Crippen LogP contribution < -0.4 is 0 Å². The van der Waals surface area contributed by atoms with Crippen LogP contribution in [0.1, 0.15) is 34.3 Å². The number of nitrogens with one attached hydrogen (secondary N) is 1. The molecule has 1 saturated carbocycles. The van der Waals surface area contributed by atoms with Crippen LogP contribution in [-0.4, -0.2) is 45.7 Å². The highest BCUT2D eigenvalue weighted by atomic mass is 35.5. The van der Waals surface area contributed by atoms with Gasteiger partial charge in [-0.15, -0.1) is 0 Å². The molecular weight excluding hydrogens is 512 g/mol. The van der Waals surface area contributed by atoms with Crippen LogP contribution in [0, 0.1) is 5.82 Å². The Balaban J connectivity index is 1.37. The van der Waals surface area contributed by atoms with E-state index in [-0.39, 0.29) is 30.0 Å². The van der Waals surface area contributed by atoms with Crippen LogP contribution in [0.2, 0.25) is 10.0 Å². The molecule has 5 rings (SSSR count). The smallest absolute Gasteiger partial charge is 0.254 e. The van der Waals surface area contributed by atoms with Gasteiger partial charge >= 0.3 is 0 Å². The minimum absolute atomic E-state index is 0.0137. The van der Waals surface area contributed by atoms with E-state index in [1.165, 1.54) is 18.2 Å². The topological polar surface area (TPSA) is 56.4 Å². The number of fused-ring (bicyclic) bond motifs is 1. The van der Waals surface area contributed by atoms with Crippen molar-refractivity contribution >= 4 is 45.9 Å². The Morgan fingerprint density at radius 1 is 0.973 bits per heavy atom. The summed E-state index contributed by atoms with van der Waals surface area (Å²) in [5.41, 5.74) is 3.24. The van der Waals surface area contributed by atoms with Crippen LogP contribution in [0.4, 0.5) is 4.39 Å². The maximum absolute atomic E-state index is 13.8. The third-order valence-electron chi connectivity index (χ3n) is 6.66. The summed E-state index contributed by atoms with van der Waals surface area (Å²) in [5.74, 6) is -0.989. The predicted octanol–water partition coefficient (Wildman–Crippen LogP) is 6.49. The van der Waals surface area contributed by atoms with E-state index in [1.54, 1.807) is 28.0 Å². The Morgan fingerprint density at radius 3 is 2.54 bits per heavy atom. The van der Waals surface area contributed by atoms with Crippen molar-refractivity contribution < 1.29 is 14.0 Å². The van der Waals surface area contributed by atoms with Crippen LogP contribution in [0.25, 0.3) is 10.9 Å². The number of aromatic amines is 1. The van der Waals surface area contributed by atoms with E-state index in [2.05, 4.69) is 11.1 Å². The van der Waals surface area contributed by atoms with Crippen molar-refractivity contribution in [1.29, 1.82) is 0 Å². The van der Waals surface area contributed by atoms with Gasteiger partial charge in [-0.05, 0) is 66.8 Å². The van der Waals surface area contributed by atoms with Crippen molar-refractivity contribution in [3.63, 3.8) is 0 Å². The zero-order valence-corrected chi connectivity index (χ0v) is 21.6. The first-order valence-corrected chi connectivity index (χ1v) is 13.0. The number of amides is 2. The number of benzene rings is 3. The number of aromatic nitrogens is 1. The average molecular weight is 538 g/mol. The first-order valence-electron chi connectivity index (χ1n) is 12.2. The van der Waals surface area contributed by atoms with Gasteiger partial charge in [0.05, 0.1) is 10.0 Å². The highest BCUT2D eigenvalue weighted by Crippen LogP contribution is 2.29. The summed E-state index contributed by atoms with van der Waals surface area (Å²) in [5, 5.41) is 1.98. The standard InChI is InChI=1S/C29H26Cl2FN3O2/c30-25-11-8-19(14-26(25)31)17-34(13-12-21-16-33-27-7-2-1-6-24(21)27)28(36)18-35(23-9-10-23)29(37)20-4-3-5-22(32)15-20/h1-8,11,14-16,23,33H,9-10,12-13,17-18H2. The third kappa shape index (κ3) is 5.97. The Hall–Kier alpha value is -3.35. The molecule has 5 nitrogen and oxygen atoms in total. The number of carbonyl (C=O) groups is 2. The van der Waals surface area contributed by atoms with Gasteiger partial charge in [0.1, 0.15) is 12.4 Å². The molecule has 0 atom stereocenters. The highest BCUT2D eigenvalue weighted by molar-refractivity contribution is 6.42. The quantitative estimate of drug-likeness (QED) is 0.265. The molecule has 0 aliphatic heterocycles. The number of carbonyl (C=O) groups excluding carboxylic acids is 2. The molecule has 1 fully saturated rings. The Bertz CT molecular complexity index is 1450. The molecule has 1 aliphatic carbocycles. The monoisotopic (exact) mass is 537 g/mol. The first kappa shape index (κ1) is 25.3. The normalized spacial score (nSPS) is 13.1. The van der Waals surface area contributed by atoms with E-state index in [0.717, 1.165) is 34.9 Å². The molecule has 0 radical (unpaired) electrons. The Kier molecular flexibility index (Phi) is 7.49. The Labute approximate surface area is 224 Å². The number of nitrogens with zero attached hydrogens (tertiary/aromatic N) is 2. The maximum atomic E-state index is 13.8. The lowest BCUT2D eigenvalue weighted by atomic mass is 10.1. The van der Waals surface area contributed by atoms with Gasteiger partial charge in [-0.3, -0.25) is 9.59 Å². The summed E-state index contributed by atoms with van der Waals surface area (Å²) >= 11 is 12.3. The molecule has 4 aromatic rings. The van der Waals surface area contributed by atoms with Crippen molar-refractivity contribution in [2.45, 2.75) is 31.8 Å². The van der Waals surface area contributed by atoms with Gasteiger partial charge in [0.15, 0.2) is 0 Å². The summed E-state index contributed by atoms with van der Waals surface area (Å²) in [6.45, 7) is 0.702. The van der Waals surface area contributed by atoms with Gasteiger partial charge in [0, 0.05) is 41.8 Å². The maximum Gasteiger partial charge on any atom is 0.254 e. The second-order valence-corrected chi connectivity index (χ2v) is 10.2. The fraction of sp³-hybridized carbons (Fsp3) is 0.241. The lowest BCUT2D eigenvalue weighted by Crippen LogP contribution is -2.44. The van der Waals surface area contributed by atoms with Gasteiger partial charge in [0.2, 0.25) is 5.91 Å². The van der Waals surface area contributed by atoms with Gasteiger partial charge in [0.25, 0.3) is 5.91 Å². The molecule has 1 heterocycles. The molecule has 0 spiro atoms. The van der Waals surface area contributed by atoms with E-state index >= 15 is 0 Å². The van der Waals surface area contributed by atoms with Crippen LogP contribution >= 0.6 is 23.2 Å². The summed E-state index contributed by atoms with van der Waals surface area (Å²) in [6.07, 6.45) is 4.27. The van der Waals surface area contributed by atoms with Crippen molar-refractivity contribution in [3.05, 3.63) is 105 Å². The lowest BCUT2D eigenvalue weighted by molar-refractivity contribution is -0.132. The summed E-state index contributed by atoms with van der Waals surface area (Å²) in [7, 11) is 0.